The van der Waals surface area contributed by atoms with Gasteiger partial charge in [-0.15, -0.1) is 0 Å². The molecule has 1 atom stereocenters. The standard InChI is InChI=1S/C17H28N2O2/c1-18(2)16(13-14-21-17(20)19(3)4)12-8-11-15-9-6-5-7-10-15/h5-7,9-10,16H,8,11-14H2,1-4H3. The number of amides is 1. The smallest absolute Gasteiger partial charge is 0.409 e. The van der Waals surface area contributed by atoms with Crippen molar-refractivity contribution >= 4 is 6.09 Å². The van der Waals surface area contributed by atoms with Gasteiger partial charge in [-0.05, 0) is 45.3 Å². The predicted molar refractivity (Wildman–Crippen MR) is 86.5 cm³/mol. The van der Waals surface area contributed by atoms with Crippen LogP contribution in [-0.2, 0) is 11.2 Å². The van der Waals surface area contributed by atoms with Crippen molar-refractivity contribution in [2.75, 3.05) is 34.8 Å². The summed E-state index contributed by atoms with van der Waals surface area (Å²) in [6.45, 7) is 0.477. The largest absolute Gasteiger partial charge is 0.449 e. The van der Waals surface area contributed by atoms with E-state index in [0.717, 1.165) is 25.7 Å². The average Bonchev–Trinajstić information content (AvgIpc) is 2.46. The fourth-order valence-electron chi connectivity index (χ4n) is 2.26. The summed E-state index contributed by atoms with van der Waals surface area (Å²) < 4.78 is 5.21. The fraction of sp³-hybridized carbons (Fsp3) is 0.588. The first-order chi connectivity index (χ1) is 10.0. The molecule has 4 nitrogen and oxygen atoms in total. The van der Waals surface area contributed by atoms with Crippen LogP contribution in [0.2, 0.25) is 0 Å². The highest BCUT2D eigenvalue weighted by atomic mass is 16.6. The van der Waals surface area contributed by atoms with E-state index in [-0.39, 0.29) is 6.09 Å². The Balaban J connectivity index is 2.28. The number of hydrogen-bond donors (Lipinski definition) is 0. The summed E-state index contributed by atoms with van der Waals surface area (Å²) in [4.78, 5) is 15.1. The van der Waals surface area contributed by atoms with Crippen LogP contribution < -0.4 is 0 Å². The Morgan fingerprint density at radius 3 is 2.33 bits per heavy atom. The molecule has 1 aromatic rings. The van der Waals surface area contributed by atoms with Crippen LogP contribution in [0, 0.1) is 0 Å². The van der Waals surface area contributed by atoms with Crippen molar-refractivity contribution in [1.82, 2.24) is 9.80 Å². The molecule has 0 aromatic heterocycles. The van der Waals surface area contributed by atoms with E-state index in [1.165, 1.54) is 10.5 Å². The molecular weight excluding hydrogens is 264 g/mol. The van der Waals surface area contributed by atoms with Crippen molar-refractivity contribution in [3.8, 4) is 0 Å². The van der Waals surface area contributed by atoms with Crippen molar-refractivity contribution in [2.24, 2.45) is 0 Å². The molecule has 0 saturated heterocycles. The summed E-state index contributed by atoms with van der Waals surface area (Å²) >= 11 is 0. The Morgan fingerprint density at radius 2 is 1.76 bits per heavy atom. The third kappa shape index (κ3) is 7.14. The van der Waals surface area contributed by atoms with Gasteiger partial charge in [-0.1, -0.05) is 30.3 Å². The number of hydrogen-bond acceptors (Lipinski definition) is 3. The molecule has 1 unspecified atom stereocenters. The van der Waals surface area contributed by atoms with Gasteiger partial charge >= 0.3 is 6.09 Å². The van der Waals surface area contributed by atoms with Gasteiger partial charge < -0.3 is 14.5 Å². The van der Waals surface area contributed by atoms with E-state index >= 15 is 0 Å². The minimum atomic E-state index is -0.267. The van der Waals surface area contributed by atoms with E-state index in [1.54, 1.807) is 14.1 Å². The van der Waals surface area contributed by atoms with Gasteiger partial charge in [0.2, 0.25) is 0 Å². The Labute approximate surface area is 128 Å². The topological polar surface area (TPSA) is 32.8 Å². The van der Waals surface area contributed by atoms with Gasteiger partial charge in [-0.3, -0.25) is 0 Å². The summed E-state index contributed by atoms with van der Waals surface area (Å²) in [6.07, 6.45) is 3.97. The van der Waals surface area contributed by atoms with Crippen molar-refractivity contribution in [3.63, 3.8) is 0 Å². The Hall–Kier alpha value is -1.55. The number of aryl methyl sites for hydroxylation is 1. The predicted octanol–water partition coefficient (Wildman–Crippen LogP) is 3.03. The highest BCUT2D eigenvalue weighted by Crippen LogP contribution is 2.12. The lowest BCUT2D eigenvalue weighted by Crippen LogP contribution is -2.31. The van der Waals surface area contributed by atoms with Crippen molar-refractivity contribution in [3.05, 3.63) is 35.9 Å². The molecule has 0 aliphatic heterocycles. The molecule has 118 valence electrons. The van der Waals surface area contributed by atoms with Crippen LogP contribution in [0.25, 0.3) is 0 Å². The first kappa shape index (κ1) is 17.5. The molecule has 0 aliphatic carbocycles. The average molecular weight is 292 g/mol. The van der Waals surface area contributed by atoms with Crippen molar-refractivity contribution < 1.29 is 9.53 Å². The molecule has 0 radical (unpaired) electrons. The van der Waals surface area contributed by atoms with Gasteiger partial charge in [0.15, 0.2) is 0 Å². The van der Waals surface area contributed by atoms with E-state index in [2.05, 4.69) is 43.3 Å². The van der Waals surface area contributed by atoms with Crippen molar-refractivity contribution in [2.45, 2.75) is 31.7 Å². The number of nitrogens with zero attached hydrogens (tertiary/aromatic N) is 2. The quantitative estimate of drug-likeness (QED) is 0.738. The van der Waals surface area contributed by atoms with Crippen LogP contribution in [0.3, 0.4) is 0 Å². The van der Waals surface area contributed by atoms with Crippen molar-refractivity contribution in [1.29, 1.82) is 0 Å². The summed E-state index contributed by atoms with van der Waals surface area (Å²) in [6, 6.07) is 11.0. The highest BCUT2D eigenvalue weighted by Gasteiger charge is 2.13. The molecular formula is C17H28N2O2. The van der Waals surface area contributed by atoms with E-state index in [9.17, 15) is 4.79 Å². The fourth-order valence-corrected chi connectivity index (χ4v) is 2.26. The minimum Gasteiger partial charge on any atom is -0.449 e. The van der Waals surface area contributed by atoms with Gasteiger partial charge in [0.25, 0.3) is 0 Å². The van der Waals surface area contributed by atoms with Gasteiger partial charge in [0.05, 0.1) is 6.61 Å². The van der Waals surface area contributed by atoms with Crippen LogP contribution in [0.5, 0.6) is 0 Å². The molecule has 0 spiro atoms. The molecule has 0 saturated carbocycles. The number of carbonyl (C=O) groups is 1. The second-order valence-electron chi connectivity index (χ2n) is 5.79. The van der Waals surface area contributed by atoms with Crippen LogP contribution in [0.4, 0.5) is 4.79 Å². The number of rotatable bonds is 8. The minimum absolute atomic E-state index is 0.267. The van der Waals surface area contributed by atoms with Gasteiger partial charge in [0.1, 0.15) is 0 Å². The second kappa shape index (κ2) is 9.40. The Morgan fingerprint density at radius 1 is 1.10 bits per heavy atom. The molecule has 0 fully saturated rings. The summed E-state index contributed by atoms with van der Waals surface area (Å²) in [5.74, 6) is 0. The first-order valence-corrected chi connectivity index (χ1v) is 7.55. The van der Waals surface area contributed by atoms with Crippen LogP contribution in [-0.4, -0.2) is 56.7 Å². The maximum absolute atomic E-state index is 11.4. The number of benzene rings is 1. The van der Waals surface area contributed by atoms with E-state index in [1.807, 2.05) is 6.07 Å². The Kier molecular flexibility index (Phi) is 7.83. The second-order valence-corrected chi connectivity index (χ2v) is 5.79. The summed E-state index contributed by atoms with van der Waals surface area (Å²) in [7, 11) is 7.57. The van der Waals surface area contributed by atoms with Gasteiger partial charge in [-0.25, -0.2) is 4.79 Å². The molecule has 1 amide bonds. The Bertz CT molecular complexity index is 405. The lowest BCUT2D eigenvalue weighted by molar-refractivity contribution is 0.106. The normalized spacial score (nSPS) is 12.2. The van der Waals surface area contributed by atoms with E-state index in [4.69, 9.17) is 4.74 Å². The molecule has 1 aromatic carbocycles. The SMILES string of the molecule is CN(C)C(=O)OCCC(CCCc1ccccc1)N(C)C. The third-order valence-corrected chi connectivity index (χ3v) is 3.62. The summed E-state index contributed by atoms with van der Waals surface area (Å²) in [5, 5.41) is 0. The maximum Gasteiger partial charge on any atom is 0.409 e. The van der Waals surface area contributed by atoms with Crippen LogP contribution in [0.1, 0.15) is 24.8 Å². The monoisotopic (exact) mass is 292 g/mol. The zero-order valence-corrected chi connectivity index (χ0v) is 13.7. The van der Waals surface area contributed by atoms with Gasteiger partial charge in [-0.2, -0.15) is 0 Å². The molecule has 1 rings (SSSR count). The lowest BCUT2D eigenvalue weighted by Gasteiger charge is -2.24. The zero-order chi connectivity index (χ0) is 15.7. The van der Waals surface area contributed by atoms with Gasteiger partial charge in [0, 0.05) is 20.1 Å². The van der Waals surface area contributed by atoms with Crippen LogP contribution >= 0.6 is 0 Å². The zero-order valence-electron chi connectivity index (χ0n) is 13.7. The highest BCUT2D eigenvalue weighted by molar-refractivity contribution is 5.66. The first-order valence-electron chi connectivity index (χ1n) is 7.55. The molecule has 4 heteroatoms. The maximum atomic E-state index is 11.4. The van der Waals surface area contributed by atoms with Crippen LogP contribution in [0.15, 0.2) is 30.3 Å². The number of ether oxygens (including phenoxy) is 1. The summed E-state index contributed by atoms with van der Waals surface area (Å²) in [5.41, 5.74) is 1.38. The third-order valence-electron chi connectivity index (χ3n) is 3.62. The van der Waals surface area contributed by atoms with E-state index < -0.39 is 0 Å². The number of carbonyl (C=O) groups excluding carboxylic acids is 1. The van der Waals surface area contributed by atoms with E-state index in [0.29, 0.717) is 12.6 Å². The molecule has 0 heterocycles. The molecule has 0 bridgehead atoms. The molecule has 21 heavy (non-hydrogen) atoms. The molecule has 0 aliphatic rings. The molecule has 0 N–H and O–H groups in total. The lowest BCUT2D eigenvalue weighted by atomic mass is 10.0.